The molecule has 4 aromatic rings. The van der Waals surface area contributed by atoms with Crippen LogP contribution in [0.4, 0.5) is 4.79 Å². The number of benzene rings is 1. The number of nitrogens with one attached hydrogen (secondary N) is 1. The first kappa shape index (κ1) is 24.3. The van der Waals surface area contributed by atoms with Crippen LogP contribution >= 0.6 is 0 Å². The van der Waals surface area contributed by atoms with E-state index in [4.69, 9.17) is 4.98 Å². The summed E-state index contributed by atoms with van der Waals surface area (Å²) < 4.78 is 2.19. The van der Waals surface area contributed by atoms with Crippen molar-refractivity contribution in [2.75, 3.05) is 0 Å². The second kappa shape index (κ2) is 8.62. The highest BCUT2D eigenvalue weighted by molar-refractivity contribution is 5.84. The molecular formula is C28H35N5O3. The maximum Gasteiger partial charge on any atom is 0.407 e. The summed E-state index contributed by atoms with van der Waals surface area (Å²) in [4.78, 5) is 26.8. The summed E-state index contributed by atoms with van der Waals surface area (Å²) in [6.45, 7) is 9.42. The molecule has 1 amide bonds. The predicted octanol–water partition coefficient (Wildman–Crippen LogP) is 5.91. The van der Waals surface area contributed by atoms with Gasteiger partial charge in [0.15, 0.2) is 5.65 Å². The molecule has 1 saturated carbocycles. The van der Waals surface area contributed by atoms with Crippen molar-refractivity contribution in [2.24, 2.45) is 0 Å². The molecule has 2 unspecified atom stereocenters. The third kappa shape index (κ3) is 4.23. The second-order valence-electron chi connectivity index (χ2n) is 11.5. The Hall–Kier alpha value is -3.39. The zero-order valence-corrected chi connectivity index (χ0v) is 21.6. The number of hydrogen-bond donors (Lipinski definition) is 3. The van der Waals surface area contributed by atoms with E-state index in [0.717, 1.165) is 65.0 Å². The molecule has 3 heterocycles. The van der Waals surface area contributed by atoms with Gasteiger partial charge in [-0.15, -0.1) is 0 Å². The van der Waals surface area contributed by atoms with Crippen molar-refractivity contribution in [2.45, 2.75) is 83.4 Å². The van der Waals surface area contributed by atoms with E-state index < -0.39 is 17.2 Å². The largest absolute Gasteiger partial charge is 0.465 e. The minimum absolute atomic E-state index is 0.0633. The van der Waals surface area contributed by atoms with Crippen molar-refractivity contribution in [3.63, 3.8) is 0 Å². The van der Waals surface area contributed by atoms with Gasteiger partial charge in [-0.2, -0.15) is 0 Å². The Kier molecular flexibility index (Phi) is 5.82. The number of amides is 1. The highest BCUT2D eigenvalue weighted by atomic mass is 16.4. The topological polar surface area (TPSA) is 107 Å². The molecule has 0 radical (unpaired) electrons. The van der Waals surface area contributed by atoms with Crippen molar-refractivity contribution < 1.29 is 15.0 Å². The van der Waals surface area contributed by atoms with Gasteiger partial charge in [0.2, 0.25) is 0 Å². The third-order valence-electron chi connectivity index (χ3n) is 7.37. The van der Waals surface area contributed by atoms with Crippen LogP contribution in [0.5, 0.6) is 0 Å². The van der Waals surface area contributed by atoms with Gasteiger partial charge in [-0.05, 0) is 65.5 Å². The summed E-state index contributed by atoms with van der Waals surface area (Å²) >= 11 is 0. The zero-order valence-electron chi connectivity index (χ0n) is 21.6. The Morgan fingerprint density at radius 2 is 1.81 bits per heavy atom. The maximum absolute atomic E-state index is 12.2. The molecular weight excluding hydrogens is 454 g/mol. The number of hydrogen-bond acceptors (Lipinski definition) is 4. The third-order valence-corrected chi connectivity index (χ3v) is 7.37. The van der Waals surface area contributed by atoms with Crippen molar-refractivity contribution >= 4 is 22.8 Å². The van der Waals surface area contributed by atoms with Gasteiger partial charge >= 0.3 is 6.09 Å². The lowest BCUT2D eigenvalue weighted by molar-refractivity contribution is 0.0530. The number of H-pyrrole nitrogens is 1. The highest BCUT2D eigenvalue weighted by Crippen LogP contribution is 2.40. The summed E-state index contributed by atoms with van der Waals surface area (Å²) in [6.07, 6.45) is 6.36. The van der Waals surface area contributed by atoms with E-state index >= 15 is 0 Å². The smallest absolute Gasteiger partial charge is 0.407 e. The average molecular weight is 490 g/mol. The van der Waals surface area contributed by atoms with Gasteiger partial charge in [0, 0.05) is 29.3 Å². The van der Waals surface area contributed by atoms with Gasteiger partial charge in [0.1, 0.15) is 5.82 Å². The molecule has 0 aliphatic heterocycles. The lowest BCUT2D eigenvalue weighted by Gasteiger charge is -2.43. The lowest BCUT2D eigenvalue weighted by atomic mass is 9.83. The molecule has 36 heavy (non-hydrogen) atoms. The number of carboxylic acid groups (broad SMARTS) is 1. The molecule has 0 bridgehead atoms. The molecule has 1 aliphatic rings. The quantitative estimate of drug-likeness (QED) is 0.330. The summed E-state index contributed by atoms with van der Waals surface area (Å²) in [5, 5.41) is 20.4. The Labute approximate surface area is 211 Å². The minimum atomic E-state index is -0.918. The molecule has 5 rings (SSSR count). The zero-order chi connectivity index (χ0) is 25.8. The fourth-order valence-corrected chi connectivity index (χ4v) is 5.73. The summed E-state index contributed by atoms with van der Waals surface area (Å²) in [7, 11) is 0. The Balaban J connectivity index is 1.62. The fraction of sp³-hybridized carbons (Fsp3) is 0.464. The Morgan fingerprint density at radius 1 is 1.08 bits per heavy atom. The van der Waals surface area contributed by atoms with E-state index in [0.29, 0.717) is 0 Å². The van der Waals surface area contributed by atoms with Crippen molar-refractivity contribution in [3.05, 3.63) is 54.1 Å². The van der Waals surface area contributed by atoms with Crippen LogP contribution in [-0.2, 0) is 5.60 Å². The van der Waals surface area contributed by atoms with Crippen LogP contribution in [-0.4, -0.2) is 52.1 Å². The number of aromatic nitrogens is 4. The number of fused-ring (bicyclic) bond motifs is 3. The van der Waals surface area contributed by atoms with Crippen LogP contribution in [0.1, 0.15) is 77.6 Å². The van der Waals surface area contributed by atoms with Crippen molar-refractivity contribution in [3.8, 4) is 11.3 Å². The second-order valence-corrected chi connectivity index (χ2v) is 11.5. The molecule has 0 spiro atoms. The molecule has 1 fully saturated rings. The molecule has 0 saturated heterocycles. The van der Waals surface area contributed by atoms with Gasteiger partial charge in [-0.3, -0.25) is 4.40 Å². The highest BCUT2D eigenvalue weighted by Gasteiger charge is 2.38. The van der Waals surface area contributed by atoms with E-state index in [1.165, 1.54) is 0 Å². The summed E-state index contributed by atoms with van der Waals surface area (Å²) in [5.74, 6) is 1.06. The van der Waals surface area contributed by atoms with Crippen LogP contribution in [0, 0.1) is 0 Å². The van der Waals surface area contributed by atoms with Crippen LogP contribution in [0.2, 0.25) is 0 Å². The molecule has 8 heteroatoms. The van der Waals surface area contributed by atoms with Gasteiger partial charge < -0.3 is 20.1 Å². The van der Waals surface area contributed by atoms with Gasteiger partial charge in [0.25, 0.3) is 0 Å². The summed E-state index contributed by atoms with van der Waals surface area (Å²) in [6, 6.07) is 9.82. The SMILES string of the molecule is CC(C)(O)c1ccc(-c2nc(C3CCCC(N(C(=O)O)C(C)(C)C)C3)n3c2cnc2[nH]ccc23)cc1. The van der Waals surface area contributed by atoms with Crippen LogP contribution in [0.25, 0.3) is 27.9 Å². The minimum Gasteiger partial charge on any atom is -0.465 e. The van der Waals surface area contributed by atoms with Crippen LogP contribution in [0.3, 0.4) is 0 Å². The van der Waals surface area contributed by atoms with Crippen molar-refractivity contribution in [1.29, 1.82) is 0 Å². The first-order valence-electron chi connectivity index (χ1n) is 12.6. The lowest BCUT2D eigenvalue weighted by Crippen LogP contribution is -2.52. The van der Waals surface area contributed by atoms with Gasteiger partial charge in [-0.25, -0.2) is 14.8 Å². The Morgan fingerprint density at radius 3 is 2.44 bits per heavy atom. The molecule has 8 nitrogen and oxygen atoms in total. The standard InChI is InChI=1S/C28H35N5O3/c1-27(2,3)33(26(34)35)20-8-6-7-18(15-20)25-31-23(17-9-11-19(12-10-17)28(4,5)36)22-16-30-24-21(32(22)25)13-14-29-24/h9-14,16,18,20,29,36H,6-8,15H2,1-5H3,(H,34,35). The monoisotopic (exact) mass is 489 g/mol. The van der Waals surface area contributed by atoms with E-state index in [-0.39, 0.29) is 12.0 Å². The van der Waals surface area contributed by atoms with Crippen molar-refractivity contribution in [1.82, 2.24) is 24.3 Å². The number of carbonyl (C=O) groups is 1. The maximum atomic E-state index is 12.2. The van der Waals surface area contributed by atoms with Crippen LogP contribution < -0.4 is 0 Å². The summed E-state index contributed by atoms with van der Waals surface area (Å²) in [5.41, 5.74) is 3.92. The number of rotatable bonds is 4. The molecule has 190 valence electrons. The molecule has 2 atom stereocenters. The van der Waals surface area contributed by atoms with Crippen LogP contribution in [0.15, 0.2) is 42.7 Å². The number of nitrogens with zero attached hydrogens (tertiary/aromatic N) is 4. The number of aliphatic hydroxyl groups is 1. The predicted molar refractivity (Wildman–Crippen MR) is 140 cm³/mol. The molecule has 1 aliphatic carbocycles. The fourth-order valence-electron chi connectivity index (χ4n) is 5.73. The van der Waals surface area contributed by atoms with E-state index in [1.54, 1.807) is 18.7 Å². The van der Waals surface area contributed by atoms with E-state index in [2.05, 4.69) is 14.4 Å². The normalized spacial score (nSPS) is 19.2. The van der Waals surface area contributed by atoms with E-state index in [9.17, 15) is 15.0 Å². The first-order chi connectivity index (χ1) is 16.9. The van der Waals surface area contributed by atoms with Gasteiger partial charge in [0.05, 0.1) is 28.5 Å². The number of imidazole rings is 1. The van der Waals surface area contributed by atoms with Gasteiger partial charge in [-0.1, -0.05) is 30.7 Å². The molecule has 3 N–H and O–H groups in total. The average Bonchev–Trinajstić information content (AvgIpc) is 3.42. The Bertz CT molecular complexity index is 1410. The molecule has 3 aromatic heterocycles. The number of aromatic amines is 1. The molecule has 1 aromatic carbocycles. The van der Waals surface area contributed by atoms with E-state index in [1.807, 2.05) is 63.5 Å². The first-order valence-corrected chi connectivity index (χ1v) is 12.6.